The van der Waals surface area contributed by atoms with Crippen molar-refractivity contribution in [3.8, 4) is 0 Å². The number of furan rings is 1. The topological polar surface area (TPSA) is 25.2 Å². The summed E-state index contributed by atoms with van der Waals surface area (Å²) >= 11 is 0. The van der Waals surface area contributed by atoms with Crippen LogP contribution >= 0.6 is 0 Å². The maximum Gasteiger partial charge on any atom is 0.128 e. The minimum Gasteiger partial charge on any atom is -0.467 e. The smallest absolute Gasteiger partial charge is 0.128 e. The van der Waals surface area contributed by atoms with Crippen LogP contribution in [0, 0.1) is 0 Å². The summed E-state index contributed by atoms with van der Waals surface area (Å²) in [5.74, 6) is 0.612. The lowest BCUT2D eigenvalue weighted by Crippen LogP contribution is -2.11. The van der Waals surface area contributed by atoms with E-state index >= 15 is 0 Å². The molecule has 0 radical (unpaired) electrons. The molecule has 2 rings (SSSR count). The highest BCUT2D eigenvalue weighted by atomic mass is 19.1. The third-order valence-corrected chi connectivity index (χ3v) is 2.16. The standard InChI is InChI=1S/C12H12FNO/c13-9-11(12-7-4-8-15-12)14-10-5-2-1-3-6-10/h1-8,11,14H,9H2. The van der Waals surface area contributed by atoms with Crippen LogP contribution in [-0.4, -0.2) is 6.67 Å². The second-order valence-electron chi connectivity index (χ2n) is 3.23. The summed E-state index contributed by atoms with van der Waals surface area (Å²) in [4.78, 5) is 0. The van der Waals surface area contributed by atoms with Crippen molar-refractivity contribution in [1.82, 2.24) is 0 Å². The molecule has 1 N–H and O–H groups in total. The first kappa shape index (κ1) is 9.77. The number of halogens is 1. The third-order valence-electron chi connectivity index (χ3n) is 2.16. The predicted molar refractivity (Wildman–Crippen MR) is 57.5 cm³/mol. The van der Waals surface area contributed by atoms with Crippen LogP contribution in [0.4, 0.5) is 10.1 Å². The van der Waals surface area contributed by atoms with Gasteiger partial charge in [-0.2, -0.15) is 0 Å². The van der Waals surface area contributed by atoms with Crippen LogP contribution in [0.3, 0.4) is 0 Å². The van der Waals surface area contributed by atoms with E-state index in [0.717, 1.165) is 5.69 Å². The summed E-state index contributed by atoms with van der Waals surface area (Å²) in [6.07, 6.45) is 1.55. The van der Waals surface area contributed by atoms with Crippen LogP contribution in [0.2, 0.25) is 0 Å². The lowest BCUT2D eigenvalue weighted by Gasteiger charge is -2.13. The van der Waals surface area contributed by atoms with Gasteiger partial charge < -0.3 is 9.73 Å². The van der Waals surface area contributed by atoms with Crippen LogP contribution in [-0.2, 0) is 0 Å². The minimum atomic E-state index is -0.498. The SMILES string of the molecule is FCC(Nc1ccccc1)c1ccco1. The monoisotopic (exact) mass is 205 g/mol. The summed E-state index contributed by atoms with van der Waals surface area (Å²) in [5.41, 5.74) is 0.886. The van der Waals surface area contributed by atoms with Gasteiger partial charge in [0.05, 0.1) is 6.26 Å². The van der Waals surface area contributed by atoms with E-state index in [9.17, 15) is 4.39 Å². The van der Waals surface area contributed by atoms with Gasteiger partial charge in [-0.05, 0) is 24.3 Å². The quantitative estimate of drug-likeness (QED) is 0.827. The zero-order valence-electron chi connectivity index (χ0n) is 8.19. The number of para-hydroxylation sites is 1. The second-order valence-corrected chi connectivity index (χ2v) is 3.23. The second kappa shape index (κ2) is 4.64. The molecule has 0 aliphatic heterocycles. The van der Waals surface area contributed by atoms with Gasteiger partial charge in [0.1, 0.15) is 18.5 Å². The minimum absolute atomic E-state index is 0.414. The van der Waals surface area contributed by atoms with Crippen molar-refractivity contribution in [1.29, 1.82) is 0 Å². The molecule has 2 aromatic rings. The largest absolute Gasteiger partial charge is 0.467 e. The molecule has 1 aromatic heterocycles. The van der Waals surface area contributed by atoms with Crippen LogP contribution < -0.4 is 5.32 Å². The first-order chi connectivity index (χ1) is 7.40. The van der Waals surface area contributed by atoms with Gasteiger partial charge in [0.15, 0.2) is 0 Å². The molecule has 1 heterocycles. The molecule has 1 unspecified atom stereocenters. The van der Waals surface area contributed by atoms with Crippen molar-refractivity contribution >= 4 is 5.69 Å². The molecular formula is C12H12FNO. The summed E-state index contributed by atoms with van der Waals surface area (Å²) in [6.45, 7) is -0.498. The Hall–Kier alpha value is -1.77. The summed E-state index contributed by atoms with van der Waals surface area (Å²) in [5, 5.41) is 3.06. The molecule has 15 heavy (non-hydrogen) atoms. The fourth-order valence-corrected chi connectivity index (χ4v) is 1.41. The molecule has 1 aromatic carbocycles. The molecule has 78 valence electrons. The highest BCUT2D eigenvalue weighted by Crippen LogP contribution is 2.20. The number of nitrogens with one attached hydrogen (secondary N) is 1. The Morgan fingerprint density at radius 3 is 2.53 bits per heavy atom. The van der Waals surface area contributed by atoms with E-state index in [-0.39, 0.29) is 0 Å². The molecule has 0 aliphatic carbocycles. The van der Waals surface area contributed by atoms with Gasteiger partial charge in [-0.3, -0.25) is 0 Å². The van der Waals surface area contributed by atoms with E-state index in [1.54, 1.807) is 18.4 Å². The Bertz CT molecular complexity index is 385. The first-order valence-electron chi connectivity index (χ1n) is 4.81. The molecule has 0 fully saturated rings. The van der Waals surface area contributed by atoms with Gasteiger partial charge in [0, 0.05) is 5.69 Å². The Labute approximate surface area is 87.7 Å². The summed E-state index contributed by atoms with van der Waals surface area (Å²) < 4.78 is 17.9. The lowest BCUT2D eigenvalue weighted by molar-refractivity contribution is 0.396. The Kier molecular flexibility index (Phi) is 3.02. The van der Waals surface area contributed by atoms with Crippen molar-refractivity contribution in [2.45, 2.75) is 6.04 Å². The van der Waals surface area contributed by atoms with Gasteiger partial charge in [0.2, 0.25) is 0 Å². The van der Waals surface area contributed by atoms with E-state index in [1.807, 2.05) is 30.3 Å². The van der Waals surface area contributed by atoms with Gasteiger partial charge >= 0.3 is 0 Å². The Balaban J connectivity index is 2.10. The van der Waals surface area contributed by atoms with Gasteiger partial charge in [0.25, 0.3) is 0 Å². The van der Waals surface area contributed by atoms with Crippen LogP contribution in [0.5, 0.6) is 0 Å². The van der Waals surface area contributed by atoms with E-state index in [0.29, 0.717) is 5.76 Å². The van der Waals surface area contributed by atoms with Crippen LogP contribution in [0.25, 0.3) is 0 Å². The van der Waals surface area contributed by atoms with Gasteiger partial charge in [-0.1, -0.05) is 18.2 Å². The molecule has 3 heteroatoms. The van der Waals surface area contributed by atoms with Crippen molar-refractivity contribution in [3.05, 3.63) is 54.5 Å². The van der Waals surface area contributed by atoms with Gasteiger partial charge in [-0.15, -0.1) is 0 Å². The molecular weight excluding hydrogens is 193 g/mol. The van der Waals surface area contributed by atoms with E-state index in [4.69, 9.17) is 4.42 Å². The molecule has 0 saturated heterocycles. The Morgan fingerprint density at radius 2 is 1.93 bits per heavy atom. The fraction of sp³-hybridized carbons (Fsp3) is 0.167. The fourth-order valence-electron chi connectivity index (χ4n) is 1.41. The number of benzene rings is 1. The number of alkyl halides is 1. The molecule has 0 bridgehead atoms. The van der Waals surface area contributed by atoms with Crippen LogP contribution in [0.15, 0.2) is 53.1 Å². The average Bonchev–Trinajstić information content (AvgIpc) is 2.81. The molecule has 0 amide bonds. The Morgan fingerprint density at radius 1 is 1.13 bits per heavy atom. The first-order valence-corrected chi connectivity index (χ1v) is 4.81. The number of anilines is 1. The molecule has 0 saturated carbocycles. The van der Waals surface area contributed by atoms with Gasteiger partial charge in [-0.25, -0.2) is 4.39 Å². The van der Waals surface area contributed by atoms with Crippen molar-refractivity contribution in [2.24, 2.45) is 0 Å². The van der Waals surface area contributed by atoms with E-state index < -0.39 is 12.7 Å². The van der Waals surface area contributed by atoms with E-state index in [1.165, 1.54) is 0 Å². The van der Waals surface area contributed by atoms with Crippen molar-refractivity contribution in [3.63, 3.8) is 0 Å². The molecule has 0 spiro atoms. The lowest BCUT2D eigenvalue weighted by atomic mass is 10.2. The maximum absolute atomic E-state index is 12.8. The predicted octanol–water partition coefficient (Wildman–Crippen LogP) is 3.40. The third kappa shape index (κ3) is 2.37. The summed E-state index contributed by atoms with van der Waals surface area (Å²) in [6, 6.07) is 12.6. The normalized spacial score (nSPS) is 12.3. The molecule has 2 nitrogen and oxygen atoms in total. The average molecular weight is 205 g/mol. The zero-order chi connectivity index (χ0) is 10.5. The molecule has 1 atom stereocenters. The van der Waals surface area contributed by atoms with Crippen molar-refractivity contribution < 1.29 is 8.81 Å². The van der Waals surface area contributed by atoms with Crippen LogP contribution in [0.1, 0.15) is 11.8 Å². The molecule has 0 aliphatic rings. The maximum atomic E-state index is 12.8. The van der Waals surface area contributed by atoms with Crippen molar-refractivity contribution in [2.75, 3.05) is 12.0 Å². The number of hydrogen-bond acceptors (Lipinski definition) is 2. The summed E-state index contributed by atoms with van der Waals surface area (Å²) in [7, 11) is 0. The number of hydrogen-bond donors (Lipinski definition) is 1. The van der Waals surface area contributed by atoms with E-state index in [2.05, 4.69) is 5.32 Å². The highest BCUT2D eigenvalue weighted by molar-refractivity contribution is 5.44. The zero-order valence-corrected chi connectivity index (χ0v) is 8.19. The number of rotatable bonds is 4. The highest BCUT2D eigenvalue weighted by Gasteiger charge is 2.13.